The number of anilines is 1. The molecule has 5 nitrogen and oxygen atoms in total. The lowest BCUT2D eigenvalue weighted by molar-refractivity contribution is -0.122. The monoisotopic (exact) mass is 509 g/mol. The summed E-state index contributed by atoms with van der Waals surface area (Å²) < 4.78 is 5.10. The molecule has 2 fully saturated rings. The zero-order valence-electron chi connectivity index (χ0n) is 20.1. The van der Waals surface area contributed by atoms with Gasteiger partial charge in [-0.05, 0) is 47.4 Å². The quantitative estimate of drug-likeness (QED) is 0.242. The number of halogens is 1. The lowest BCUT2D eigenvalue weighted by Crippen LogP contribution is -2.33. The van der Waals surface area contributed by atoms with Gasteiger partial charge in [0.1, 0.15) is 0 Å². The van der Waals surface area contributed by atoms with Gasteiger partial charge in [-0.3, -0.25) is 9.59 Å². The summed E-state index contributed by atoms with van der Waals surface area (Å²) in [6.07, 6.45) is 4.15. The first-order chi connectivity index (χ1) is 18.0. The Balaban J connectivity index is 1.43. The average molecular weight is 510 g/mol. The normalized spacial score (nSPS) is 23.5. The minimum absolute atomic E-state index is 0.135. The third-order valence-corrected chi connectivity index (χ3v) is 7.86. The van der Waals surface area contributed by atoms with E-state index in [2.05, 4.69) is 36.4 Å². The highest BCUT2D eigenvalue weighted by Gasteiger charge is 2.62. The molecule has 6 rings (SSSR count). The number of esters is 1. The van der Waals surface area contributed by atoms with E-state index in [4.69, 9.17) is 16.3 Å². The molecule has 0 aromatic heterocycles. The van der Waals surface area contributed by atoms with E-state index in [0.717, 1.165) is 22.3 Å². The number of hydrogen-bond donors (Lipinski definition) is 0. The largest absolute Gasteiger partial charge is 0.462 e. The molecule has 0 spiro atoms. The minimum Gasteiger partial charge on any atom is -0.462 e. The number of allylic oxidation sites excluding steroid dienone is 3. The Morgan fingerprint density at radius 3 is 1.89 bits per heavy atom. The van der Waals surface area contributed by atoms with Gasteiger partial charge in [0.05, 0.1) is 34.7 Å². The van der Waals surface area contributed by atoms with Gasteiger partial charge in [-0.1, -0.05) is 84.4 Å². The van der Waals surface area contributed by atoms with Crippen molar-refractivity contribution >= 4 is 40.6 Å². The van der Waals surface area contributed by atoms with Crippen molar-refractivity contribution in [2.75, 3.05) is 11.5 Å². The summed E-state index contributed by atoms with van der Waals surface area (Å²) in [5, 5.41) is 0.212. The van der Waals surface area contributed by atoms with Crippen molar-refractivity contribution in [1.29, 1.82) is 0 Å². The van der Waals surface area contributed by atoms with Crippen molar-refractivity contribution in [1.82, 2.24) is 0 Å². The van der Waals surface area contributed by atoms with Crippen molar-refractivity contribution in [2.24, 2.45) is 23.7 Å². The summed E-state index contributed by atoms with van der Waals surface area (Å²) in [7, 11) is 0. The minimum atomic E-state index is -0.587. The number of ether oxygens (including phenoxy) is 1. The molecule has 0 N–H and O–H groups in total. The van der Waals surface area contributed by atoms with E-state index in [1.807, 2.05) is 36.4 Å². The van der Waals surface area contributed by atoms with Gasteiger partial charge < -0.3 is 4.74 Å². The lowest BCUT2D eigenvalue weighted by atomic mass is 9.85. The highest BCUT2D eigenvalue weighted by Crippen LogP contribution is 2.58. The van der Waals surface area contributed by atoms with E-state index in [1.54, 1.807) is 13.0 Å². The fraction of sp³-hybridized carbons (Fsp3) is 0.194. The second-order valence-corrected chi connectivity index (χ2v) is 9.85. The molecule has 0 radical (unpaired) electrons. The van der Waals surface area contributed by atoms with Gasteiger partial charge in [-0.2, -0.15) is 0 Å². The molecule has 4 unspecified atom stereocenters. The zero-order chi connectivity index (χ0) is 25.7. The van der Waals surface area contributed by atoms with Crippen molar-refractivity contribution in [3.63, 3.8) is 0 Å². The SMILES string of the molecule is CCOC(=O)c1cc(N2C(=O)C3C4C=CC(C4=C(c4ccccc4)c4ccccc4)C3C2=O)ccc1Cl. The average Bonchev–Trinajstić information content (AvgIpc) is 3.55. The molecule has 4 atom stereocenters. The highest BCUT2D eigenvalue weighted by molar-refractivity contribution is 6.34. The molecule has 3 aliphatic rings. The fourth-order valence-corrected chi connectivity index (χ4v) is 6.27. The Labute approximate surface area is 220 Å². The van der Waals surface area contributed by atoms with Crippen molar-refractivity contribution in [2.45, 2.75) is 6.92 Å². The predicted molar refractivity (Wildman–Crippen MR) is 142 cm³/mol. The van der Waals surface area contributed by atoms with Gasteiger partial charge in [0.25, 0.3) is 0 Å². The first-order valence-corrected chi connectivity index (χ1v) is 12.8. The number of amides is 2. The number of benzene rings is 3. The molecule has 3 aromatic rings. The second-order valence-electron chi connectivity index (χ2n) is 9.45. The number of imide groups is 1. The molecular formula is C31H24ClNO4. The van der Waals surface area contributed by atoms with E-state index in [-0.39, 0.29) is 40.8 Å². The number of hydrogen-bond acceptors (Lipinski definition) is 4. The van der Waals surface area contributed by atoms with Gasteiger partial charge in [-0.25, -0.2) is 9.69 Å². The third-order valence-electron chi connectivity index (χ3n) is 7.53. The number of rotatable bonds is 5. The van der Waals surface area contributed by atoms with Crippen LogP contribution in [0.25, 0.3) is 5.57 Å². The van der Waals surface area contributed by atoms with Crippen LogP contribution in [0.4, 0.5) is 5.69 Å². The Morgan fingerprint density at radius 2 is 1.38 bits per heavy atom. The van der Waals surface area contributed by atoms with Crippen LogP contribution in [0.5, 0.6) is 0 Å². The molecule has 1 saturated carbocycles. The van der Waals surface area contributed by atoms with Gasteiger partial charge in [0.15, 0.2) is 0 Å². The molecule has 2 aliphatic carbocycles. The van der Waals surface area contributed by atoms with Gasteiger partial charge in [-0.15, -0.1) is 0 Å². The van der Waals surface area contributed by atoms with Crippen LogP contribution in [0.3, 0.4) is 0 Å². The highest BCUT2D eigenvalue weighted by atomic mass is 35.5. The van der Waals surface area contributed by atoms with Crippen LogP contribution in [-0.2, 0) is 14.3 Å². The van der Waals surface area contributed by atoms with E-state index in [0.29, 0.717) is 5.69 Å². The second kappa shape index (κ2) is 9.16. The van der Waals surface area contributed by atoms with E-state index < -0.39 is 17.8 Å². The number of carbonyl (C=O) groups excluding carboxylic acids is 3. The van der Waals surface area contributed by atoms with Crippen LogP contribution in [0.2, 0.25) is 5.02 Å². The molecule has 2 amide bonds. The summed E-state index contributed by atoms with van der Waals surface area (Å²) in [4.78, 5) is 41.2. The number of carbonyl (C=O) groups is 3. The molecule has 1 aliphatic heterocycles. The zero-order valence-corrected chi connectivity index (χ0v) is 20.9. The summed E-state index contributed by atoms with van der Waals surface area (Å²) in [5.41, 5.74) is 4.81. The first-order valence-electron chi connectivity index (χ1n) is 12.4. The smallest absolute Gasteiger partial charge is 0.339 e. The summed E-state index contributed by atoms with van der Waals surface area (Å²) in [5.74, 6) is -2.41. The van der Waals surface area contributed by atoms with Crippen LogP contribution in [0.15, 0.2) is 96.6 Å². The maximum atomic E-state index is 13.8. The fourth-order valence-electron chi connectivity index (χ4n) is 6.08. The van der Waals surface area contributed by atoms with Crippen LogP contribution in [-0.4, -0.2) is 24.4 Å². The van der Waals surface area contributed by atoms with Crippen molar-refractivity contribution < 1.29 is 19.1 Å². The van der Waals surface area contributed by atoms with E-state index in [1.165, 1.54) is 17.0 Å². The molecule has 6 heteroatoms. The van der Waals surface area contributed by atoms with E-state index >= 15 is 0 Å². The van der Waals surface area contributed by atoms with Crippen LogP contribution < -0.4 is 4.90 Å². The predicted octanol–water partition coefficient (Wildman–Crippen LogP) is 5.94. The molecule has 184 valence electrons. The number of nitrogens with zero attached hydrogens (tertiary/aromatic N) is 1. The van der Waals surface area contributed by atoms with Crippen molar-refractivity contribution in [3.8, 4) is 0 Å². The molecule has 3 aromatic carbocycles. The topological polar surface area (TPSA) is 63.7 Å². The van der Waals surface area contributed by atoms with E-state index in [9.17, 15) is 14.4 Å². The van der Waals surface area contributed by atoms with Crippen molar-refractivity contribution in [3.05, 3.63) is 118 Å². The Kier molecular flexibility index (Phi) is 5.81. The third kappa shape index (κ3) is 3.65. The van der Waals surface area contributed by atoms with Crippen LogP contribution in [0, 0.1) is 23.7 Å². The maximum Gasteiger partial charge on any atom is 0.339 e. The van der Waals surface area contributed by atoms with Crippen LogP contribution in [0.1, 0.15) is 28.4 Å². The standard InChI is InChI=1S/C31H24ClNO4/c1-2-37-31(36)23-17-20(13-16-24(23)32)33-29(34)27-21-14-15-22(28(27)30(33)35)26(21)25(18-9-5-3-6-10-18)19-11-7-4-8-12-19/h3-17,21-22,27-28H,2H2,1H3. The van der Waals surface area contributed by atoms with Crippen LogP contribution >= 0.6 is 11.6 Å². The Hall–Kier alpha value is -3.96. The molecule has 37 heavy (non-hydrogen) atoms. The summed E-state index contributed by atoms with van der Waals surface area (Å²) in [6.45, 7) is 1.90. The lowest BCUT2D eigenvalue weighted by Gasteiger charge is -2.22. The molecule has 2 bridgehead atoms. The Morgan fingerprint density at radius 1 is 0.838 bits per heavy atom. The van der Waals surface area contributed by atoms with Gasteiger partial charge in [0, 0.05) is 11.8 Å². The summed E-state index contributed by atoms with van der Waals surface area (Å²) in [6, 6.07) is 24.9. The maximum absolute atomic E-state index is 13.8. The molecule has 1 heterocycles. The van der Waals surface area contributed by atoms with Gasteiger partial charge in [0.2, 0.25) is 11.8 Å². The summed E-state index contributed by atoms with van der Waals surface area (Å²) >= 11 is 6.22. The number of fused-ring (bicyclic) bond motifs is 5. The van der Waals surface area contributed by atoms with Gasteiger partial charge >= 0.3 is 5.97 Å². The Bertz CT molecular complexity index is 1400. The first kappa shape index (κ1) is 23.4. The molecule has 1 saturated heterocycles. The molecular weight excluding hydrogens is 486 g/mol.